The second-order valence-electron chi connectivity index (χ2n) is 3.31. The van der Waals surface area contributed by atoms with Crippen LogP contribution in [0, 0.1) is 0 Å². The lowest BCUT2D eigenvalue weighted by Crippen LogP contribution is -1.79. The fourth-order valence-electron chi connectivity index (χ4n) is 1.28. The fourth-order valence-corrected chi connectivity index (χ4v) is 1.28. The van der Waals surface area contributed by atoms with Crippen molar-refractivity contribution in [3.05, 3.63) is 71.8 Å². The summed E-state index contributed by atoms with van der Waals surface area (Å²) >= 11 is 0. The van der Waals surface area contributed by atoms with Crippen molar-refractivity contribution in [2.24, 2.45) is 10.2 Å². The molecule has 0 saturated carbocycles. The molecule has 0 aliphatic carbocycles. The van der Waals surface area contributed by atoms with Gasteiger partial charge in [-0.2, -0.15) is 10.2 Å². The molecule has 2 aromatic carbocycles. The Morgan fingerprint density at radius 1 is 0.562 bits per heavy atom. The molecule has 0 aliphatic heterocycles. The predicted molar refractivity (Wildman–Crippen MR) is 68.1 cm³/mol. The van der Waals surface area contributed by atoms with Crippen LogP contribution < -0.4 is 0 Å². The summed E-state index contributed by atoms with van der Waals surface area (Å²) in [6.45, 7) is 0. The van der Waals surface area contributed by atoms with E-state index in [0.717, 1.165) is 11.1 Å². The first-order chi connectivity index (χ1) is 7.95. The van der Waals surface area contributed by atoms with E-state index in [2.05, 4.69) is 10.2 Å². The van der Waals surface area contributed by atoms with E-state index in [-0.39, 0.29) is 0 Å². The Balaban J connectivity index is 1.98. The minimum Gasteiger partial charge on any atom is -0.159 e. The van der Waals surface area contributed by atoms with Crippen molar-refractivity contribution in [3.8, 4) is 0 Å². The van der Waals surface area contributed by atoms with E-state index in [0.29, 0.717) is 0 Å². The SMILES string of the molecule is C(=N/N=C/c1ccccc1)/c1ccccc1. The number of hydrogen-bond acceptors (Lipinski definition) is 2. The molecule has 0 radical (unpaired) electrons. The van der Waals surface area contributed by atoms with Crippen LogP contribution in [0.5, 0.6) is 0 Å². The van der Waals surface area contributed by atoms with Gasteiger partial charge >= 0.3 is 0 Å². The predicted octanol–water partition coefficient (Wildman–Crippen LogP) is 3.14. The highest BCUT2D eigenvalue weighted by Gasteiger charge is 1.83. The molecule has 2 nitrogen and oxygen atoms in total. The third kappa shape index (κ3) is 3.17. The highest BCUT2D eigenvalue weighted by atomic mass is 15.2. The maximum Gasteiger partial charge on any atom is 0.0568 e. The molecule has 16 heavy (non-hydrogen) atoms. The minimum absolute atomic E-state index is 1.05. The molecule has 0 amide bonds. The fraction of sp³-hybridized carbons (Fsp3) is 0. The molecule has 0 aromatic heterocycles. The van der Waals surface area contributed by atoms with Gasteiger partial charge in [0.05, 0.1) is 12.4 Å². The van der Waals surface area contributed by atoms with Crippen molar-refractivity contribution in [3.63, 3.8) is 0 Å². The molecular weight excluding hydrogens is 196 g/mol. The molecular formula is C14H12N2. The number of nitrogens with zero attached hydrogens (tertiary/aromatic N) is 2. The summed E-state index contributed by atoms with van der Waals surface area (Å²) in [5, 5.41) is 7.96. The lowest BCUT2D eigenvalue weighted by molar-refractivity contribution is 1.26. The van der Waals surface area contributed by atoms with Crippen LogP contribution in [0.15, 0.2) is 70.9 Å². The molecule has 0 spiro atoms. The van der Waals surface area contributed by atoms with Gasteiger partial charge in [-0.1, -0.05) is 60.7 Å². The Morgan fingerprint density at radius 2 is 0.938 bits per heavy atom. The smallest absolute Gasteiger partial charge is 0.0568 e. The zero-order valence-corrected chi connectivity index (χ0v) is 8.82. The lowest BCUT2D eigenvalue weighted by Gasteiger charge is -1.89. The minimum atomic E-state index is 1.05. The highest BCUT2D eigenvalue weighted by Crippen LogP contribution is 1.96. The van der Waals surface area contributed by atoms with Crippen LogP contribution in [0.1, 0.15) is 11.1 Å². The molecule has 0 unspecified atom stereocenters. The Kier molecular flexibility index (Phi) is 3.61. The second-order valence-corrected chi connectivity index (χ2v) is 3.31. The van der Waals surface area contributed by atoms with Crippen molar-refractivity contribution in [1.82, 2.24) is 0 Å². The van der Waals surface area contributed by atoms with Gasteiger partial charge in [0.1, 0.15) is 0 Å². The van der Waals surface area contributed by atoms with Gasteiger partial charge in [-0.15, -0.1) is 0 Å². The van der Waals surface area contributed by atoms with Gasteiger partial charge in [0, 0.05) is 0 Å². The van der Waals surface area contributed by atoms with Gasteiger partial charge in [-0.3, -0.25) is 0 Å². The standard InChI is InChI=1S/C14H12N2/c1-3-7-13(8-4-1)11-15-16-12-14-9-5-2-6-10-14/h1-12H/b15-11-,16-12+. The molecule has 0 bridgehead atoms. The first-order valence-electron chi connectivity index (χ1n) is 5.12. The van der Waals surface area contributed by atoms with E-state index in [1.165, 1.54) is 0 Å². The van der Waals surface area contributed by atoms with Gasteiger partial charge in [0.15, 0.2) is 0 Å². The first kappa shape index (κ1) is 10.3. The summed E-state index contributed by atoms with van der Waals surface area (Å²) in [4.78, 5) is 0. The maximum atomic E-state index is 3.98. The maximum absolute atomic E-state index is 3.98. The Labute approximate surface area is 95.0 Å². The number of hydrogen-bond donors (Lipinski definition) is 0. The molecule has 0 aliphatic rings. The molecule has 78 valence electrons. The number of rotatable bonds is 3. The first-order valence-corrected chi connectivity index (χ1v) is 5.12. The van der Waals surface area contributed by atoms with Gasteiger partial charge in [-0.25, -0.2) is 0 Å². The lowest BCUT2D eigenvalue weighted by atomic mass is 10.2. The zero-order chi connectivity index (χ0) is 11.1. The van der Waals surface area contributed by atoms with Crippen molar-refractivity contribution < 1.29 is 0 Å². The van der Waals surface area contributed by atoms with Crippen molar-refractivity contribution >= 4 is 12.4 Å². The molecule has 0 saturated heterocycles. The van der Waals surface area contributed by atoms with Crippen molar-refractivity contribution in [2.75, 3.05) is 0 Å². The summed E-state index contributed by atoms with van der Waals surface area (Å²) in [5.74, 6) is 0. The normalized spacial score (nSPS) is 11.2. The Morgan fingerprint density at radius 3 is 1.31 bits per heavy atom. The summed E-state index contributed by atoms with van der Waals surface area (Å²) in [7, 11) is 0. The average Bonchev–Trinajstić information content (AvgIpc) is 2.37. The molecule has 2 aromatic rings. The summed E-state index contributed by atoms with van der Waals surface area (Å²) < 4.78 is 0. The van der Waals surface area contributed by atoms with Crippen LogP contribution in [-0.2, 0) is 0 Å². The van der Waals surface area contributed by atoms with Gasteiger partial charge < -0.3 is 0 Å². The third-order valence-electron chi connectivity index (χ3n) is 2.08. The van der Waals surface area contributed by atoms with Crippen LogP contribution in [-0.4, -0.2) is 12.4 Å². The van der Waals surface area contributed by atoms with Crippen LogP contribution in [0.25, 0.3) is 0 Å². The van der Waals surface area contributed by atoms with Gasteiger partial charge in [-0.05, 0) is 11.1 Å². The van der Waals surface area contributed by atoms with E-state index in [4.69, 9.17) is 0 Å². The summed E-state index contributed by atoms with van der Waals surface area (Å²) in [5.41, 5.74) is 2.10. The van der Waals surface area contributed by atoms with Crippen LogP contribution in [0.2, 0.25) is 0 Å². The van der Waals surface area contributed by atoms with E-state index in [1.54, 1.807) is 12.4 Å². The van der Waals surface area contributed by atoms with E-state index in [1.807, 2.05) is 60.7 Å². The van der Waals surface area contributed by atoms with Crippen molar-refractivity contribution in [2.45, 2.75) is 0 Å². The van der Waals surface area contributed by atoms with Crippen LogP contribution >= 0.6 is 0 Å². The van der Waals surface area contributed by atoms with E-state index in [9.17, 15) is 0 Å². The molecule has 0 N–H and O–H groups in total. The molecule has 0 atom stereocenters. The molecule has 0 heterocycles. The van der Waals surface area contributed by atoms with Gasteiger partial charge in [0.2, 0.25) is 0 Å². The molecule has 0 fully saturated rings. The molecule has 2 rings (SSSR count). The molecule has 2 heteroatoms. The number of benzene rings is 2. The van der Waals surface area contributed by atoms with Gasteiger partial charge in [0.25, 0.3) is 0 Å². The third-order valence-corrected chi connectivity index (χ3v) is 2.08. The zero-order valence-electron chi connectivity index (χ0n) is 8.82. The highest BCUT2D eigenvalue weighted by molar-refractivity contribution is 5.82. The van der Waals surface area contributed by atoms with Crippen molar-refractivity contribution in [1.29, 1.82) is 0 Å². The Bertz CT molecular complexity index is 425. The quantitative estimate of drug-likeness (QED) is 0.547. The largest absolute Gasteiger partial charge is 0.159 e. The monoisotopic (exact) mass is 208 g/mol. The van der Waals surface area contributed by atoms with Crippen LogP contribution in [0.4, 0.5) is 0 Å². The Hall–Kier alpha value is -2.22. The topological polar surface area (TPSA) is 24.7 Å². The van der Waals surface area contributed by atoms with Crippen LogP contribution in [0.3, 0.4) is 0 Å². The average molecular weight is 208 g/mol. The second kappa shape index (κ2) is 5.61. The van der Waals surface area contributed by atoms with E-state index >= 15 is 0 Å². The summed E-state index contributed by atoms with van der Waals surface area (Å²) in [6, 6.07) is 19.8. The van der Waals surface area contributed by atoms with E-state index < -0.39 is 0 Å². The summed E-state index contributed by atoms with van der Waals surface area (Å²) in [6.07, 6.45) is 3.47.